The van der Waals surface area contributed by atoms with Gasteiger partial charge in [0.15, 0.2) is 23.1 Å². The monoisotopic (exact) mass is 1060 g/mol. The molecule has 1 unspecified atom stereocenters. The van der Waals surface area contributed by atoms with Crippen molar-refractivity contribution in [3.8, 4) is 39.5 Å². The van der Waals surface area contributed by atoms with Gasteiger partial charge < -0.3 is 60.5 Å². The predicted octanol–water partition coefficient (Wildman–Crippen LogP) is 3.78. The second-order valence-electron chi connectivity index (χ2n) is 19.6. The molecule has 4 aromatic heterocycles. The fourth-order valence-electron chi connectivity index (χ4n) is 8.18. The van der Waals surface area contributed by atoms with Crippen molar-refractivity contribution in [3.05, 3.63) is 52.9 Å². The van der Waals surface area contributed by atoms with Gasteiger partial charge in [0, 0.05) is 32.6 Å². The van der Waals surface area contributed by atoms with Crippen molar-refractivity contribution in [2.24, 2.45) is 5.41 Å². The number of aryl methyl sites for hydroxylation is 2. The lowest BCUT2D eigenvalue weighted by Crippen LogP contribution is -2.58. The quantitative estimate of drug-likeness (QED) is 0.0307. The Labute approximate surface area is 441 Å². The molecule has 5 heterocycles. The van der Waals surface area contributed by atoms with E-state index in [1.807, 2.05) is 69.0 Å². The summed E-state index contributed by atoms with van der Waals surface area (Å²) in [5, 5.41) is 29.9. The highest BCUT2D eigenvalue weighted by molar-refractivity contribution is 7.13. The number of nitrogens with one attached hydrogen (secondary N) is 4. The van der Waals surface area contributed by atoms with E-state index in [2.05, 4.69) is 53.4 Å². The topological polar surface area (TPSA) is 285 Å². The van der Waals surface area contributed by atoms with E-state index in [1.54, 1.807) is 36.3 Å². The number of ether oxygens (including phenoxy) is 4. The minimum absolute atomic E-state index is 0.0682. The number of aromatic nitrogens is 6. The van der Waals surface area contributed by atoms with Gasteiger partial charge in [0.2, 0.25) is 23.6 Å². The Morgan fingerprint density at radius 1 is 0.933 bits per heavy atom. The van der Waals surface area contributed by atoms with E-state index in [4.69, 9.17) is 34.3 Å². The van der Waals surface area contributed by atoms with Gasteiger partial charge in [-0.3, -0.25) is 19.2 Å². The number of nitrogen functional groups attached to an aromatic ring is 1. The Kier molecular flexibility index (Phi) is 21.4. The number of thiazole rings is 1. The lowest BCUT2D eigenvalue weighted by molar-refractivity contribution is -0.144. The van der Waals surface area contributed by atoms with Gasteiger partial charge in [-0.2, -0.15) is 0 Å². The molecule has 1 saturated heterocycles. The molecule has 5 aromatic rings. The number of benzene rings is 1. The molecule has 406 valence electrons. The number of anilines is 1. The summed E-state index contributed by atoms with van der Waals surface area (Å²) in [6.07, 6.45) is 4.52. The Morgan fingerprint density at radius 3 is 2.35 bits per heavy atom. The maximum Gasteiger partial charge on any atom is 0.246 e. The molecule has 0 spiro atoms. The molecule has 7 N–H and O–H groups in total. The summed E-state index contributed by atoms with van der Waals surface area (Å²) in [4.78, 5) is 68.8. The summed E-state index contributed by atoms with van der Waals surface area (Å²) >= 11 is 1.59. The van der Waals surface area contributed by atoms with Crippen LogP contribution >= 0.6 is 11.3 Å². The van der Waals surface area contributed by atoms with Crippen molar-refractivity contribution in [1.29, 1.82) is 0 Å². The Balaban J connectivity index is 0.782. The van der Waals surface area contributed by atoms with Crippen LogP contribution in [-0.4, -0.2) is 154 Å². The van der Waals surface area contributed by atoms with Crippen LogP contribution in [0.3, 0.4) is 0 Å². The molecule has 1 aliphatic rings. The molecule has 0 radical (unpaired) electrons. The van der Waals surface area contributed by atoms with Crippen molar-refractivity contribution in [2.45, 2.75) is 111 Å². The SMILES string of the molecule is CCn1c(-c2nonc2N)nc2c(C#CC(C)(C)O)ncc(OCCCNCCCC(=O)NCCOCCOCCOCC(=O)NC(C(=O)N3CCC[C@H]3C(=O)NCc3ccc(-c4scnc4C)cc3)C(C)(C)C)c21. The molecule has 0 bridgehead atoms. The zero-order valence-electron chi connectivity index (χ0n) is 44.1. The molecule has 2 atom stereocenters. The number of rotatable bonds is 28. The maximum absolute atomic E-state index is 13.9. The summed E-state index contributed by atoms with van der Waals surface area (Å²) in [5.41, 5.74) is 10.7. The van der Waals surface area contributed by atoms with Crippen LogP contribution in [0.25, 0.3) is 33.0 Å². The molecule has 23 heteroatoms. The molecule has 1 fully saturated rings. The fraction of sp³-hybridized carbons (Fsp3) is 0.558. The highest BCUT2D eigenvalue weighted by Crippen LogP contribution is 2.34. The van der Waals surface area contributed by atoms with E-state index in [0.29, 0.717) is 126 Å². The van der Waals surface area contributed by atoms with Crippen molar-refractivity contribution in [3.63, 3.8) is 0 Å². The van der Waals surface area contributed by atoms with Crippen molar-refractivity contribution in [1.82, 2.24) is 56.0 Å². The Bertz CT molecular complexity index is 2730. The number of likely N-dealkylation sites (tertiary alicyclic amines) is 1. The molecule has 22 nitrogen and oxygen atoms in total. The van der Waals surface area contributed by atoms with E-state index in [1.165, 1.54) is 0 Å². The number of nitrogens with zero attached hydrogens (tertiary/aromatic N) is 7. The molecule has 1 aliphatic heterocycles. The van der Waals surface area contributed by atoms with Crippen LogP contribution in [0.4, 0.5) is 5.82 Å². The van der Waals surface area contributed by atoms with E-state index in [-0.39, 0.29) is 49.1 Å². The molecule has 0 saturated carbocycles. The number of pyridine rings is 1. The number of amides is 4. The summed E-state index contributed by atoms with van der Waals surface area (Å²) in [5.74, 6) is 5.72. The van der Waals surface area contributed by atoms with Crippen LogP contribution in [0.15, 0.2) is 40.6 Å². The third kappa shape index (κ3) is 17.0. The van der Waals surface area contributed by atoms with Crippen LogP contribution in [0, 0.1) is 24.2 Å². The average molecular weight is 1060 g/mol. The van der Waals surface area contributed by atoms with E-state index in [9.17, 15) is 24.3 Å². The largest absolute Gasteiger partial charge is 0.490 e. The predicted molar refractivity (Wildman–Crippen MR) is 282 cm³/mol. The Hall–Kier alpha value is -6.55. The lowest BCUT2D eigenvalue weighted by atomic mass is 9.85. The maximum atomic E-state index is 13.9. The van der Waals surface area contributed by atoms with Crippen LogP contribution in [0.2, 0.25) is 0 Å². The van der Waals surface area contributed by atoms with Gasteiger partial charge >= 0.3 is 0 Å². The molecule has 4 amide bonds. The van der Waals surface area contributed by atoms with Crippen LogP contribution in [-0.2, 0) is 46.5 Å². The number of nitrogens with two attached hydrogens (primary N) is 1. The minimum Gasteiger partial charge on any atom is -0.490 e. The summed E-state index contributed by atoms with van der Waals surface area (Å²) in [6, 6.07) is 6.51. The van der Waals surface area contributed by atoms with Crippen molar-refractivity contribution >= 4 is 51.8 Å². The third-order valence-electron chi connectivity index (χ3n) is 12.0. The van der Waals surface area contributed by atoms with Crippen LogP contribution in [0.1, 0.15) is 90.6 Å². The fourth-order valence-corrected chi connectivity index (χ4v) is 8.99. The number of fused-ring (bicyclic) bond motifs is 1. The first-order valence-electron chi connectivity index (χ1n) is 25.4. The van der Waals surface area contributed by atoms with E-state index < -0.39 is 29.0 Å². The van der Waals surface area contributed by atoms with Crippen molar-refractivity contribution in [2.75, 3.05) is 78.2 Å². The van der Waals surface area contributed by atoms with Gasteiger partial charge in [-0.15, -0.1) is 11.3 Å². The zero-order chi connectivity index (χ0) is 54.0. The van der Waals surface area contributed by atoms with Gasteiger partial charge in [0.25, 0.3) is 0 Å². The molecule has 1 aromatic carbocycles. The molecule has 6 rings (SSSR count). The summed E-state index contributed by atoms with van der Waals surface area (Å²) in [7, 11) is 0. The van der Waals surface area contributed by atoms with Gasteiger partial charge in [-0.25, -0.2) is 19.6 Å². The van der Waals surface area contributed by atoms with Crippen LogP contribution < -0.4 is 31.7 Å². The molecule has 0 aliphatic carbocycles. The highest BCUT2D eigenvalue weighted by Gasteiger charge is 2.42. The zero-order valence-corrected chi connectivity index (χ0v) is 44.9. The first kappa shape index (κ1) is 57.7. The number of aliphatic hydroxyl groups is 1. The summed E-state index contributed by atoms with van der Waals surface area (Å²) in [6.45, 7) is 17.1. The van der Waals surface area contributed by atoms with Gasteiger partial charge in [-0.05, 0) is 99.2 Å². The number of carbonyl (C=O) groups is 4. The van der Waals surface area contributed by atoms with Gasteiger partial charge in [-0.1, -0.05) is 51.0 Å². The second kappa shape index (κ2) is 27.8. The Morgan fingerprint density at radius 2 is 1.67 bits per heavy atom. The second-order valence-corrected chi connectivity index (χ2v) is 20.4. The standard InChI is InChI=1S/C52H72N12O10S/c1-8-63-44-39(31-56-37(18-19-52(6,7)69)42(44)60-48(63)43-47(53)62-74-61-43)73-24-11-21-54-20-9-13-40(65)55-22-25-70-26-27-71-28-29-72-32-41(66)59-46(51(3,4)5)50(68)64-23-10-12-38(64)49(67)57-30-35-14-16-36(17-15-35)45-34(2)58-33-75-45/h14-17,31,33,38,46,54,69H,8-13,20-30,32H2,1-7H3,(H2,53,62)(H,55,65)(H,57,67)(H,59,66)/t38-,46?/m0/s1. The molecular formula is C52H72N12O10S. The summed E-state index contributed by atoms with van der Waals surface area (Å²) < 4.78 is 29.6. The number of imidazole rings is 1. The number of hydrogen-bond acceptors (Lipinski definition) is 18. The number of hydrogen-bond donors (Lipinski definition) is 6. The van der Waals surface area contributed by atoms with Gasteiger partial charge in [0.1, 0.15) is 41.0 Å². The minimum atomic E-state index is -1.23. The number of carbonyl (C=O) groups excluding carboxylic acids is 4. The van der Waals surface area contributed by atoms with Gasteiger partial charge in [0.05, 0.1) is 61.9 Å². The molecular weight excluding hydrogens is 985 g/mol. The lowest BCUT2D eigenvalue weighted by Gasteiger charge is -2.35. The first-order chi connectivity index (χ1) is 35.9. The molecule has 75 heavy (non-hydrogen) atoms. The van der Waals surface area contributed by atoms with E-state index in [0.717, 1.165) is 21.7 Å². The average Bonchev–Trinajstić information content (AvgIpc) is 4.21. The van der Waals surface area contributed by atoms with Crippen molar-refractivity contribution < 1.29 is 47.9 Å². The normalized spacial score (nSPS) is 14.1. The van der Waals surface area contributed by atoms with Crippen LogP contribution in [0.5, 0.6) is 5.75 Å². The van der Waals surface area contributed by atoms with E-state index >= 15 is 0 Å². The first-order valence-corrected chi connectivity index (χ1v) is 26.3. The smallest absolute Gasteiger partial charge is 0.246 e. The third-order valence-corrected chi connectivity index (χ3v) is 13.0. The highest BCUT2D eigenvalue weighted by atomic mass is 32.1.